The number of amides is 1. The van der Waals surface area contributed by atoms with Gasteiger partial charge in [0.05, 0.1) is 0 Å². The summed E-state index contributed by atoms with van der Waals surface area (Å²) in [5, 5.41) is 6.81. The zero-order valence-electron chi connectivity index (χ0n) is 14.3. The minimum Gasteiger partial charge on any atom is -0.324 e. The van der Waals surface area contributed by atoms with Gasteiger partial charge in [0.15, 0.2) is 0 Å². The molecule has 26 heavy (non-hydrogen) atoms. The largest absolute Gasteiger partial charge is 0.324 e. The number of para-hydroxylation sites is 1. The Morgan fingerprint density at radius 3 is 2.65 bits per heavy atom. The summed E-state index contributed by atoms with van der Waals surface area (Å²) < 4.78 is 0. The Labute approximate surface area is 156 Å². The Morgan fingerprint density at radius 1 is 1.12 bits per heavy atom. The summed E-state index contributed by atoms with van der Waals surface area (Å²) in [6.07, 6.45) is 3.04. The first kappa shape index (κ1) is 17.7. The fourth-order valence-electron chi connectivity index (χ4n) is 2.18. The molecule has 5 nitrogen and oxygen atoms in total. The summed E-state index contributed by atoms with van der Waals surface area (Å²) in [5.41, 5.74) is 2.63. The van der Waals surface area contributed by atoms with Crippen LogP contribution < -0.4 is 10.6 Å². The summed E-state index contributed by atoms with van der Waals surface area (Å²) in [6.45, 7) is 5.43. The fraction of sp³-hybridized carbons (Fsp3) is 0.0500. The van der Waals surface area contributed by atoms with E-state index in [1.807, 2.05) is 61.5 Å². The van der Waals surface area contributed by atoms with E-state index >= 15 is 0 Å². The van der Waals surface area contributed by atoms with Crippen molar-refractivity contribution in [2.45, 2.75) is 16.8 Å². The van der Waals surface area contributed by atoms with Crippen molar-refractivity contribution < 1.29 is 4.79 Å². The number of hydrogen-bond acceptors (Lipinski definition) is 5. The van der Waals surface area contributed by atoms with Crippen LogP contribution in [0.25, 0.3) is 0 Å². The van der Waals surface area contributed by atoms with Crippen LogP contribution in [0.1, 0.15) is 5.56 Å². The quantitative estimate of drug-likeness (QED) is 0.487. The van der Waals surface area contributed by atoms with Crippen molar-refractivity contribution >= 4 is 35.0 Å². The number of hydrogen-bond donors (Lipinski definition) is 2. The lowest BCUT2D eigenvalue weighted by atomic mass is 10.3. The van der Waals surface area contributed by atoms with E-state index in [1.165, 1.54) is 17.8 Å². The molecule has 6 heteroatoms. The lowest BCUT2D eigenvalue weighted by molar-refractivity contribution is -0.111. The Balaban J connectivity index is 1.79. The Morgan fingerprint density at radius 2 is 1.88 bits per heavy atom. The lowest BCUT2D eigenvalue weighted by Gasteiger charge is -2.09. The van der Waals surface area contributed by atoms with Crippen LogP contribution in [0.15, 0.2) is 83.4 Å². The van der Waals surface area contributed by atoms with Gasteiger partial charge in [-0.05, 0) is 43.3 Å². The van der Waals surface area contributed by atoms with Crippen molar-refractivity contribution in [2.24, 2.45) is 0 Å². The molecule has 2 aromatic carbocycles. The minimum atomic E-state index is -0.236. The Kier molecular flexibility index (Phi) is 5.66. The van der Waals surface area contributed by atoms with Crippen LogP contribution in [0, 0.1) is 6.92 Å². The average Bonchev–Trinajstić information content (AvgIpc) is 2.65. The second kappa shape index (κ2) is 8.31. The summed E-state index contributed by atoms with van der Waals surface area (Å²) in [6, 6.07) is 17.4. The maximum atomic E-state index is 11.5. The van der Waals surface area contributed by atoms with E-state index in [9.17, 15) is 4.79 Å². The third-order valence-electron chi connectivity index (χ3n) is 3.46. The van der Waals surface area contributed by atoms with Crippen LogP contribution in [0.3, 0.4) is 0 Å². The Bertz CT molecular complexity index is 928. The molecule has 0 saturated carbocycles. The molecule has 0 fully saturated rings. The number of anilines is 3. The number of carbonyl (C=O) groups excluding carboxylic acids is 1. The lowest BCUT2D eigenvalue weighted by Crippen LogP contribution is -2.06. The van der Waals surface area contributed by atoms with Crippen molar-refractivity contribution in [2.75, 3.05) is 10.6 Å². The molecular weight excluding hydrogens is 344 g/mol. The average molecular weight is 362 g/mol. The molecule has 1 aromatic heterocycles. The van der Waals surface area contributed by atoms with Gasteiger partial charge in [0, 0.05) is 28.0 Å². The molecule has 3 rings (SSSR count). The van der Waals surface area contributed by atoms with Gasteiger partial charge in [0.25, 0.3) is 0 Å². The van der Waals surface area contributed by atoms with Gasteiger partial charge in [-0.2, -0.15) is 0 Å². The number of benzene rings is 2. The van der Waals surface area contributed by atoms with Gasteiger partial charge in [0.2, 0.25) is 11.9 Å². The first-order chi connectivity index (χ1) is 12.6. The van der Waals surface area contributed by atoms with Crippen molar-refractivity contribution in [1.29, 1.82) is 0 Å². The van der Waals surface area contributed by atoms with Crippen molar-refractivity contribution in [3.63, 3.8) is 0 Å². The number of nitrogens with one attached hydrogen (secondary N) is 2. The van der Waals surface area contributed by atoms with E-state index in [-0.39, 0.29) is 5.91 Å². The predicted molar refractivity (Wildman–Crippen MR) is 106 cm³/mol. The van der Waals surface area contributed by atoms with Gasteiger partial charge >= 0.3 is 0 Å². The molecular formula is C20H18N4OS. The van der Waals surface area contributed by atoms with Crippen LogP contribution in [-0.4, -0.2) is 15.9 Å². The molecule has 1 heterocycles. The van der Waals surface area contributed by atoms with Gasteiger partial charge in [-0.25, -0.2) is 9.97 Å². The molecule has 0 saturated heterocycles. The standard InChI is InChI=1S/C20H18N4OS/c1-3-18(25)22-16-10-7-11-17(12-16)26-19-14(2)13-21-20(24-19)23-15-8-5-4-6-9-15/h3-13H,1H2,2H3,(H,22,25)(H,21,23,24). The molecule has 0 aliphatic rings. The molecule has 0 atom stereocenters. The molecule has 130 valence electrons. The summed E-state index contributed by atoms with van der Waals surface area (Å²) in [7, 11) is 0. The van der Waals surface area contributed by atoms with Gasteiger partial charge in [-0.15, -0.1) is 0 Å². The molecule has 0 spiro atoms. The third-order valence-corrected chi connectivity index (χ3v) is 4.55. The van der Waals surface area contributed by atoms with E-state index in [0.29, 0.717) is 11.6 Å². The summed E-state index contributed by atoms with van der Waals surface area (Å²) in [4.78, 5) is 21.4. The second-order valence-electron chi connectivity index (χ2n) is 5.50. The van der Waals surface area contributed by atoms with Crippen molar-refractivity contribution in [3.05, 3.63) is 79.0 Å². The van der Waals surface area contributed by atoms with Crippen molar-refractivity contribution in [1.82, 2.24) is 9.97 Å². The van der Waals surface area contributed by atoms with Crippen LogP contribution >= 0.6 is 11.8 Å². The highest BCUT2D eigenvalue weighted by atomic mass is 32.2. The van der Waals surface area contributed by atoms with E-state index < -0.39 is 0 Å². The monoisotopic (exact) mass is 362 g/mol. The molecule has 1 amide bonds. The zero-order valence-corrected chi connectivity index (χ0v) is 15.1. The maximum absolute atomic E-state index is 11.5. The highest BCUT2D eigenvalue weighted by Gasteiger charge is 2.08. The summed E-state index contributed by atoms with van der Waals surface area (Å²) >= 11 is 1.52. The van der Waals surface area contributed by atoms with E-state index in [4.69, 9.17) is 0 Å². The number of rotatable bonds is 6. The predicted octanol–water partition coefficient (Wildman–Crippen LogP) is 4.80. The molecule has 0 aliphatic carbocycles. The first-order valence-corrected chi connectivity index (χ1v) is 8.83. The number of aryl methyl sites for hydroxylation is 1. The number of carbonyl (C=O) groups is 1. The molecule has 0 radical (unpaired) electrons. The SMILES string of the molecule is C=CC(=O)Nc1cccc(Sc2nc(Nc3ccccc3)ncc2C)c1. The van der Waals surface area contributed by atoms with Crippen LogP contribution in [0.2, 0.25) is 0 Å². The molecule has 0 bridgehead atoms. The molecule has 0 unspecified atom stereocenters. The smallest absolute Gasteiger partial charge is 0.247 e. The second-order valence-corrected chi connectivity index (χ2v) is 6.56. The topological polar surface area (TPSA) is 66.9 Å². The van der Waals surface area contributed by atoms with Gasteiger partial charge in [0.1, 0.15) is 5.03 Å². The normalized spacial score (nSPS) is 10.2. The Hall–Kier alpha value is -3.12. The molecule has 0 aliphatic heterocycles. The van der Waals surface area contributed by atoms with E-state index in [0.717, 1.165) is 21.2 Å². The fourth-order valence-corrected chi connectivity index (χ4v) is 3.08. The maximum Gasteiger partial charge on any atom is 0.247 e. The number of nitrogens with zero attached hydrogens (tertiary/aromatic N) is 2. The highest BCUT2D eigenvalue weighted by molar-refractivity contribution is 7.99. The van der Waals surface area contributed by atoms with Crippen LogP contribution in [0.5, 0.6) is 0 Å². The van der Waals surface area contributed by atoms with E-state index in [1.54, 1.807) is 6.20 Å². The zero-order chi connectivity index (χ0) is 18.4. The van der Waals surface area contributed by atoms with Gasteiger partial charge < -0.3 is 10.6 Å². The first-order valence-electron chi connectivity index (χ1n) is 8.01. The van der Waals surface area contributed by atoms with E-state index in [2.05, 4.69) is 27.2 Å². The van der Waals surface area contributed by atoms with Gasteiger partial charge in [-0.3, -0.25) is 4.79 Å². The molecule has 3 aromatic rings. The van der Waals surface area contributed by atoms with Crippen molar-refractivity contribution in [3.8, 4) is 0 Å². The summed E-state index contributed by atoms with van der Waals surface area (Å²) in [5.74, 6) is 0.306. The third kappa shape index (κ3) is 4.70. The van der Waals surface area contributed by atoms with Crippen LogP contribution in [0.4, 0.5) is 17.3 Å². The molecule has 2 N–H and O–H groups in total. The highest BCUT2D eigenvalue weighted by Crippen LogP contribution is 2.31. The minimum absolute atomic E-state index is 0.236. The van der Waals surface area contributed by atoms with Crippen LogP contribution in [-0.2, 0) is 4.79 Å². The number of aromatic nitrogens is 2. The van der Waals surface area contributed by atoms with Gasteiger partial charge in [-0.1, -0.05) is 42.6 Å².